The quantitative estimate of drug-likeness (QED) is 0.281. The van der Waals surface area contributed by atoms with Crippen molar-refractivity contribution in [3.05, 3.63) is 0 Å². The summed E-state index contributed by atoms with van der Waals surface area (Å²) in [5.74, 6) is -2.94. The maximum Gasteiger partial charge on any atom is 0.346 e. The van der Waals surface area contributed by atoms with Gasteiger partial charge in [-0.3, -0.25) is 4.79 Å². The summed E-state index contributed by atoms with van der Waals surface area (Å²) in [5.41, 5.74) is -2.32. The van der Waals surface area contributed by atoms with Crippen LogP contribution in [0.1, 0.15) is 54.9 Å². The first-order valence-corrected chi connectivity index (χ1v) is 18.5. The lowest BCUT2D eigenvalue weighted by atomic mass is 9.77. The minimum Gasteiger partial charge on any atom is -0.467 e. The van der Waals surface area contributed by atoms with E-state index in [0.717, 1.165) is 0 Å². The van der Waals surface area contributed by atoms with Gasteiger partial charge in [-0.1, -0.05) is 41.5 Å². The van der Waals surface area contributed by atoms with Crippen molar-refractivity contribution in [2.75, 3.05) is 20.3 Å². The second kappa shape index (κ2) is 10.3. The van der Waals surface area contributed by atoms with Crippen molar-refractivity contribution in [2.45, 2.75) is 115 Å². The highest BCUT2D eigenvalue weighted by Gasteiger charge is 2.68. The van der Waals surface area contributed by atoms with Crippen LogP contribution in [-0.2, 0) is 32.7 Å². The fourth-order valence-corrected chi connectivity index (χ4v) is 6.71. The Morgan fingerprint density at radius 2 is 1.63 bits per heavy atom. The predicted octanol–water partition coefficient (Wildman–Crippen LogP) is 4.27. The number of rotatable bonds is 8. The zero-order chi connectivity index (χ0) is 27.2. The van der Waals surface area contributed by atoms with E-state index in [1.165, 1.54) is 7.11 Å². The molecule has 204 valence electrons. The molecule has 1 saturated heterocycles. The van der Waals surface area contributed by atoms with Gasteiger partial charge in [-0.05, 0) is 43.2 Å². The Hall–Kier alpha value is -0.626. The molecule has 0 aromatic carbocycles. The Labute approximate surface area is 213 Å². The van der Waals surface area contributed by atoms with Gasteiger partial charge >= 0.3 is 5.97 Å². The van der Waals surface area contributed by atoms with Gasteiger partial charge in [0.05, 0.1) is 19.8 Å². The maximum absolute atomic E-state index is 13.1. The molecular weight excluding hydrogens is 484 g/mol. The average molecular weight is 533 g/mol. The summed E-state index contributed by atoms with van der Waals surface area (Å²) >= 11 is 0. The zero-order valence-corrected chi connectivity index (χ0v) is 25.8. The molecule has 0 unspecified atom stereocenters. The summed E-state index contributed by atoms with van der Waals surface area (Å²) < 4.78 is 30.7. The van der Waals surface area contributed by atoms with E-state index in [2.05, 4.69) is 67.7 Å². The Kier molecular flexibility index (Phi) is 8.97. The van der Waals surface area contributed by atoms with Crippen molar-refractivity contribution in [1.82, 2.24) is 0 Å². The first-order valence-electron chi connectivity index (χ1n) is 12.7. The molecular formula is C25H48O8Si2. The number of hydrogen-bond acceptors (Lipinski definition) is 8. The first-order chi connectivity index (χ1) is 15.7. The van der Waals surface area contributed by atoms with Crippen LogP contribution in [0.3, 0.4) is 0 Å². The van der Waals surface area contributed by atoms with Crippen LogP contribution in [0, 0.1) is 11.8 Å². The molecule has 0 spiro atoms. The Balaban J connectivity index is 2.59. The van der Waals surface area contributed by atoms with E-state index < -0.39 is 64.3 Å². The summed E-state index contributed by atoms with van der Waals surface area (Å²) in [7, 11) is -3.38. The summed E-state index contributed by atoms with van der Waals surface area (Å²) in [4.78, 5) is 26.0. The standard InChI is InChI=1S/C25H48O8Si2/c1-13-30-21-16-14-18(26)25(28,22(27)29-8)19(16)20(33-35(11,12)24(5,6)7)17(32-21)15-31-34(9,10)23(2,3)4/h16-17,19-21,28H,13-15H2,1-12H3/t16-,17+,19+,20-,21-,25-/m0/s1. The number of fused-ring (bicyclic) bond motifs is 1. The lowest BCUT2D eigenvalue weighted by Crippen LogP contribution is -2.64. The molecule has 0 amide bonds. The molecule has 2 rings (SSSR count). The van der Waals surface area contributed by atoms with Crippen LogP contribution in [0.4, 0.5) is 0 Å². The molecule has 1 heterocycles. The maximum atomic E-state index is 13.1. The molecule has 1 aliphatic heterocycles. The second-order valence-electron chi connectivity index (χ2n) is 13.0. The largest absolute Gasteiger partial charge is 0.467 e. The Bertz CT molecular complexity index is 785. The normalized spacial score (nSPS) is 32.5. The van der Waals surface area contributed by atoms with Crippen molar-refractivity contribution in [2.24, 2.45) is 11.8 Å². The van der Waals surface area contributed by atoms with Gasteiger partial charge in [0.25, 0.3) is 0 Å². The highest BCUT2D eigenvalue weighted by Crippen LogP contribution is 2.51. The number of ether oxygens (including phenoxy) is 3. The van der Waals surface area contributed by atoms with Crippen LogP contribution in [0.5, 0.6) is 0 Å². The van der Waals surface area contributed by atoms with Crippen molar-refractivity contribution >= 4 is 28.4 Å². The number of aliphatic hydroxyl groups is 1. The molecule has 2 aliphatic rings. The van der Waals surface area contributed by atoms with Gasteiger partial charge in [-0.2, -0.15) is 0 Å². The van der Waals surface area contributed by atoms with E-state index in [1.54, 1.807) is 0 Å². The summed E-state index contributed by atoms with van der Waals surface area (Å²) in [5, 5.41) is 11.5. The second-order valence-corrected chi connectivity index (χ2v) is 22.6. The average Bonchev–Trinajstić information content (AvgIpc) is 2.98. The van der Waals surface area contributed by atoms with Gasteiger partial charge in [0.1, 0.15) is 6.10 Å². The number of Topliss-reactive ketones (excluding diaryl/α,β-unsaturated/α-hetero) is 1. The number of carbonyl (C=O) groups excluding carboxylic acids is 2. The molecule has 6 atom stereocenters. The zero-order valence-electron chi connectivity index (χ0n) is 23.8. The fraction of sp³-hybridized carbons (Fsp3) is 0.920. The Morgan fingerprint density at radius 3 is 2.09 bits per heavy atom. The molecule has 1 saturated carbocycles. The van der Waals surface area contributed by atoms with Gasteiger partial charge in [-0.15, -0.1) is 0 Å². The van der Waals surface area contributed by atoms with Crippen molar-refractivity contribution < 1.29 is 37.8 Å². The third-order valence-electron chi connectivity index (χ3n) is 8.65. The highest BCUT2D eigenvalue weighted by molar-refractivity contribution is 6.74. The smallest absolute Gasteiger partial charge is 0.346 e. The van der Waals surface area contributed by atoms with Crippen LogP contribution in [0.25, 0.3) is 0 Å². The molecule has 35 heavy (non-hydrogen) atoms. The topological polar surface area (TPSA) is 101 Å². The van der Waals surface area contributed by atoms with Crippen molar-refractivity contribution in [1.29, 1.82) is 0 Å². The van der Waals surface area contributed by atoms with E-state index in [0.29, 0.717) is 6.61 Å². The van der Waals surface area contributed by atoms with Crippen LogP contribution in [0.2, 0.25) is 36.3 Å². The predicted molar refractivity (Wildman–Crippen MR) is 139 cm³/mol. The van der Waals surface area contributed by atoms with Gasteiger partial charge in [-0.25, -0.2) is 4.79 Å². The summed E-state index contributed by atoms with van der Waals surface area (Å²) in [6, 6.07) is 0. The van der Waals surface area contributed by atoms with Crippen molar-refractivity contribution in [3.63, 3.8) is 0 Å². The lowest BCUT2D eigenvalue weighted by molar-refractivity contribution is -0.277. The third kappa shape index (κ3) is 5.78. The summed E-state index contributed by atoms with van der Waals surface area (Å²) in [6.45, 7) is 23.8. The molecule has 0 bridgehead atoms. The number of esters is 1. The van der Waals surface area contributed by atoms with E-state index in [9.17, 15) is 14.7 Å². The van der Waals surface area contributed by atoms with E-state index in [4.69, 9.17) is 23.1 Å². The summed E-state index contributed by atoms with van der Waals surface area (Å²) in [6.07, 6.45) is -2.18. The van der Waals surface area contributed by atoms with Crippen molar-refractivity contribution in [3.8, 4) is 0 Å². The van der Waals surface area contributed by atoms with Gasteiger partial charge in [0, 0.05) is 24.9 Å². The molecule has 8 nitrogen and oxygen atoms in total. The van der Waals surface area contributed by atoms with Gasteiger partial charge < -0.3 is 28.2 Å². The third-order valence-corrected chi connectivity index (χ3v) is 17.6. The fourth-order valence-electron chi connectivity index (χ4n) is 4.36. The molecule has 0 aromatic rings. The monoisotopic (exact) mass is 532 g/mol. The minimum absolute atomic E-state index is 0.0185. The molecule has 0 aromatic heterocycles. The SMILES string of the molecule is CCO[C@H]1O[C@H](CO[Si](C)(C)C(C)(C)C)[C@H](O[Si](C)(C)C(C)(C)C)[C@H]2[C@@H]1CC(=O)[C@@]2(O)C(=O)OC. The van der Waals surface area contributed by atoms with E-state index in [-0.39, 0.29) is 23.1 Å². The van der Waals surface area contributed by atoms with E-state index in [1.807, 2.05) is 6.92 Å². The molecule has 0 radical (unpaired) electrons. The number of hydrogen-bond donors (Lipinski definition) is 1. The highest BCUT2D eigenvalue weighted by atomic mass is 28.4. The van der Waals surface area contributed by atoms with Gasteiger partial charge in [0.2, 0.25) is 5.60 Å². The molecule has 10 heteroatoms. The number of ketones is 1. The molecule has 2 fully saturated rings. The molecule has 1 aliphatic carbocycles. The van der Waals surface area contributed by atoms with Crippen LogP contribution >= 0.6 is 0 Å². The van der Waals surface area contributed by atoms with Crippen LogP contribution in [0.15, 0.2) is 0 Å². The number of carbonyl (C=O) groups is 2. The Morgan fingerprint density at radius 1 is 1.09 bits per heavy atom. The van der Waals surface area contributed by atoms with Crippen LogP contribution < -0.4 is 0 Å². The first kappa shape index (κ1) is 30.6. The minimum atomic E-state index is -2.42. The number of methoxy groups -OCH3 is 1. The van der Waals surface area contributed by atoms with Gasteiger partial charge in [0.15, 0.2) is 28.7 Å². The van der Waals surface area contributed by atoms with Crippen LogP contribution in [-0.4, -0.2) is 77.9 Å². The lowest BCUT2D eigenvalue weighted by Gasteiger charge is -2.51. The van der Waals surface area contributed by atoms with E-state index >= 15 is 0 Å². The molecule has 1 N–H and O–H groups in total.